The Kier molecular flexibility index (Phi) is 5.75. The van der Waals surface area contributed by atoms with E-state index in [9.17, 15) is 4.79 Å². The Balaban J connectivity index is 2.29. The lowest BCUT2D eigenvalue weighted by Gasteiger charge is -2.24. The monoisotopic (exact) mass is 243 g/mol. The van der Waals surface area contributed by atoms with Gasteiger partial charge in [-0.25, -0.2) is 0 Å². The fourth-order valence-electron chi connectivity index (χ4n) is 1.56. The zero-order chi connectivity index (χ0) is 12.7. The van der Waals surface area contributed by atoms with Crippen LogP contribution in [0.15, 0.2) is 11.9 Å². The van der Waals surface area contributed by atoms with Crippen LogP contribution in [0, 0.1) is 0 Å². The second-order valence-electron chi connectivity index (χ2n) is 3.81. The number of hydrogen-bond acceptors (Lipinski definition) is 6. The first kappa shape index (κ1) is 13.8. The molecule has 4 N–H and O–H groups in total. The third-order valence-electron chi connectivity index (χ3n) is 2.36. The second kappa shape index (κ2) is 7.10. The predicted molar refractivity (Wildman–Crippen MR) is 64.3 cm³/mol. The van der Waals surface area contributed by atoms with E-state index >= 15 is 0 Å². The summed E-state index contributed by atoms with van der Waals surface area (Å²) in [6.07, 6.45) is 2.37. The lowest BCUT2D eigenvalue weighted by Crippen LogP contribution is -2.41. The average molecular weight is 243 g/mol. The standard InChI is InChI=1S/C10H21N5O2/c1-11-7-9-8-15(14(2)13-9)5-3-10(17)12-4-6-16/h8,11,13,16H,3-7H2,1-2H3,(H,12,17). The van der Waals surface area contributed by atoms with Gasteiger partial charge in [0.05, 0.1) is 12.3 Å². The van der Waals surface area contributed by atoms with Crippen LogP contribution in [-0.2, 0) is 4.79 Å². The number of hydrazine groups is 2. The number of rotatable bonds is 7. The summed E-state index contributed by atoms with van der Waals surface area (Å²) in [5, 5.41) is 18.0. The second-order valence-corrected chi connectivity index (χ2v) is 3.81. The molecule has 0 aromatic rings. The van der Waals surface area contributed by atoms with Crippen LogP contribution in [0.25, 0.3) is 0 Å². The molecule has 0 radical (unpaired) electrons. The highest BCUT2D eigenvalue weighted by Gasteiger charge is 2.17. The highest BCUT2D eigenvalue weighted by Crippen LogP contribution is 2.07. The molecular weight excluding hydrogens is 222 g/mol. The molecular formula is C10H21N5O2. The minimum absolute atomic E-state index is 0.0247. The molecule has 7 heteroatoms. The summed E-state index contributed by atoms with van der Waals surface area (Å²) >= 11 is 0. The van der Waals surface area contributed by atoms with Crippen LogP contribution >= 0.6 is 0 Å². The first-order valence-corrected chi connectivity index (χ1v) is 5.67. The summed E-state index contributed by atoms with van der Waals surface area (Å²) in [7, 11) is 3.78. The van der Waals surface area contributed by atoms with Crippen LogP contribution < -0.4 is 16.1 Å². The van der Waals surface area contributed by atoms with Gasteiger partial charge in [0, 0.05) is 39.3 Å². The van der Waals surface area contributed by atoms with Crippen LogP contribution in [0.2, 0.25) is 0 Å². The Morgan fingerprint density at radius 2 is 2.35 bits per heavy atom. The number of amides is 1. The van der Waals surface area contributed by atoms with Gasteiger partial charge in [0.15, 0.2) is 0 Å². The van der Waals surface area contributed by atoms with E-state index in [0.29, 0.717) is 19.5 Å². The number of hydrogen-bond donors (Lipinski definition) is 4. The van der Waals surface area contributed by atoms with Gasteiger partial charge >= 0.3 is 0 Å². The van der Waals surface area contributed by atoms with Crippen molar-refractivity contribution in [2.45, 2.75) is 6.42 Å². The zero-order valence-corrected chi connectivity index (χ0v) is 10.4. The molecule has 0 spiro atoms. The van der Waals surface area contributed by atoms with Gasteiger partial charge in [0.1, 0.15) is 0 Å². The van der Waals surface area contributed by atoms with Crippen molar-refractivity contribution < 1.29 is 9.90 Å². The van der Waals surface area contributed by atoms with Crippen LogP contribution in [0.1, 0.15) is 6.42 Å². The van der Waals surface area contributed by atoms with E-state index in [1.165, 1.54) is 0 Å². The van der Waals surface area contributed by atoms with Crippen molar-refractivity contribution in [2.24, 2.45) is 0 Å². The van der Waals surface area contributed by atoms with Crippen molar-refractivity contribution >= 4 is 5.91 Å². The maximum Gasteiger partial charge on any atom is 0.221 e. The van der Waals surface area contributed by atoms with Crippen molar-refractivity contribution in [3.63, 3.8) is 0 Å². The lowest BCUT2D eigenvalue weighted by atomic mass is 10.4. The van der Waals surface area contributed by atoms with E-state index in [0.717, 1.165) is 12.2 Å². The molecule has 1 aliphatic heterocycles. The molecule has 0 aliphatic carbocycles. The molecule has 0 saturated heterocycles. The van der Waals surface area contributed by atoms with Gasteiger partial charge in [-0.05, 0) is 7.05 Å². The SMILES string of the molecule is CNCC1=CN(CCC(=O)NCCO)N(C)N1. The molecule has 0 atom stereocenters. The molecule has 1 rings (SSSR count). The summed E-state index contributed by atoms with van der Waals surface area (Å²) in [4.78, 5) is 11.4. The van der Waals surface area contributed by atoms with Gasteiger partial charge in [0.2, 0.25) is 5.91 Å². The number of nitrogens with one attached hydrogen (secondary N) is 3. The number of carbonyl (C=O) groups excluding carboxylic acids is 1. The predicted octanol–water partition coefficient (Wildman–Crippen LogP) is -1.79. The van der Waals surface area contributed by atoms with Gasteiger partial charge in [-0.1, -0.05) is 0 Å². The summed E-state index contributed by atoms with van der Waals surface area (Å²) in [5.41, 5.74) is 4.22. The van der Waals surface area contributed by atoms with Gasteiger partial charge in [-0.3, -0.25) is 9.80 Å². The molecule has 1 amide bonds. The lowest BCUT2D eigenvalue weighted by molar-refractivity contribution is -0.122. The number of carbonyl (C=O) groups is 1. The molecule has 0 aromatic carbocycles. The Labute approximate surface area is 101 Å². The fraction of sp³-hybridized carbons (Fsp3) is 0.700. The molecule has 17 heavy (non-hydrogen) atoms. The minimum Gasteiger partial charge on any atom is -0.395 e. The van der Waals surface area contributed by atoms with E-state index in [1.54, 1.807) is 0 Å². The number of aliphatic hydroxyl groups is 1. The van der Waals surface area contributed by atoms with Gasteiger partial charge in [0.25, 0.3) is 0 Å². The molecule has 7 nitrogen and oxygen atoms in total. The summed E-state index contributed by atoms with van der Waals surface area (Å²) < 4.78 is 0. The van der Waals surface area contributed by atoms with Crippen molar-refractivity contribution in [1.29, 1.82) is 0 Å². The number of aliphatic hydroxyl groups excluding tert-OH is 1. The topological polar surface area (TPSA) is 79.9 Å². The summed E-state index contributed by atoms with van der Waals surface area (Å²) in [6.45, 7) is 1.66. The van der Waals surface area contributed by atoms with Gasteiger partial charge in [-0.2, -0.15) is 0 Å². The van der Waals surface area contributed by atoms with Crippen molar-refractivity contribution in [3.8, 4) is 0 Å². The first-order chi connectivity index (χ1) is 8.17. The quantitative estimate of drug-likeness (QED) is 0.423. The molecule has 0 aromatic heterocycles. The van der Waals surface area contributed by atoms with Gasteiger partial charge < -0.3 is 21.2 Å². The molecule has 0 bridgehead atoms. The van der Waals surface area contributed by atoms with Crippen molar-refractivity contribution in [2.75, 3.05) is 40.3 Å². The Bertz CT molecular complexity index is 282. The largest absolute Gasteiger partial charge is 0.395 e. The molecule has 0 fully saturated rings. The van der Waals surface area contributed by atoms with Crippen LogP contribution in [0.5, 0.6) is 0 Å². The smallest absolute Gasteiger partial charge is 0.221 e. The number of nitrogens with zero attached hydrogens (tertiary/aromatic N) is 2. The average Bonchev–Trinajstić information content (AvgIpc) is 2.65. The zero-order valence-electron chi connectivity index (χ0n) is 10.4. The van der Waals surface area contributed by atoms with Crippen LogP contribution in [0.4, 0.5) is 0 Å². The Hall–Kier alpha value is -1.31. The Morgan fingerprint density at radius 3 is 3.00 bits per heavy atom. The third kappa shape index (κ3) is 4.59. The van der Waals surface area contributed by atoms with E-state index in [-0.39, 0.29) is 12.5 Å². The summed E-state index contributed by atoms with van der Waals surface area (Å²) in [5.74, 6) is -0.0529. The normalized spacial score (nSPS) is 15.7. The van der Waals surface area contributed by atoms with Gasteiger partial charge in [-0.15, -0.1) is 5.12 Å². The minimum atomic E-state index is -0.0529. The maximum atomic E-state index is 11.4. The summed E-state index contributed by atoms with van der Waals surface area (Å²) in [6, 6.07) is 0. The number of likely N-dealkylation sites (N-methyl/N-ethyl adjacent to an activating group) is 1. The van der Waals surface area contributed by atoms with Crippen LogP contribution in [-0.4, -0.2) is 61.5 Å². The first-order valence-electron chi connectivity index (χ1n) is 5.67. The highest BCUT2D eigenvalue weighted by molar-refractivity contribution is 5.76. The Morgan fingerprint density at radius 1 is 1.59 bits per heavy atom. The molecule has 98 valence electrons. The molecule has 1 aliphatic rings. The highest BCUT2D eigenvalue weighted by atomic mass is 16.3. The fourth-order valence-corrected chi connectivity index (χ4v) is 1.56. The van der Waals surface area contributed by atoms with E-state index in [1.807, 2.05) is 30.4 Å². The van der Waals surface area contributed by atoms with Crippen LogP contribution in [0.3, 0.4) is 0 Å². The maximum absolute atomic E-state index is 11.4. The molecule has 1 heterocycles. The molecule has 0 unspecified atom stereocenters. The third-order valence-corrected chi connectivity index (χ3v) is 2.36. The van der Waals surface area contributed by atoms with E-state index in [2.05, 4.69) is 16.1 Å². The van der Waals surface area contributed by atoms with E-state index in [4.69, 9.17) is 5.11 Å². The van der Waals surface area contributed by atoms with Crippen molar-refractivity contribution in [1.82, 2.24) is 26.2 Å². The van der Waals surface area contributed by atoms with E-state index < -0.39 is 0 Å². The molecule has 0 saturated carbocycles. The van der Waals surface area contributed by atoms with Crippen molar-refractivity contribution in [3.05, 3.63) is 11.9 Å².